The average Bonchev–Trinajstić information content (AvgIpc) is 2.60. The Balaban J connectivity index is 1.99. The van der Waals surface area contributed by atoms with Gasteiger partial charge in [-0.3, -0.25) is 4.79 Å². The van der Waals surface area contributed by atoms with Crippen LogP contribution >= 0.6 is 12.2 Å². The summed E-state index contributed by atoms with van der Waals surface area (Å²) in [7, 11) is 0. The zero-order valence-electron chi connectivity index (χ0n) is 15.1. The molecule has 0 fully saturated rings. The molecule has 2 aromatic rings. The van der Waals surface area contributed by atoms with Crippen LogP contribution in [-0.2, 0) is 11.0 Å². The van der Waals surface area contributed by atoms with E-state index in [2.05, 4.69) is 16.0 Å². The van der Waals surface area contributed by atoms with Crippen LogP contribution in [0, 0.1) is 6.92 Å². The van der Waals surface area contributed by atoms with Gasteiger partial charge in [0, 0.05) is 5.70 Å². The fourth-order valence-electron chi connectivity index (χ4n) is 3.12. The van der Waals surface area contributed by atoms with E-state index in [0.29, 0.717) is 10.8 Å². The van der Waals surface area contributed by atoms with Crippen LogP contribution in [0.3, 0.4) is 0 Å². The molecule has 2 aromatic carbocycles. The molecule has 1 heterocycles. The molecule has 3 N–H and O–H groups in total. The van der Waals surface area contributed by atoms with Gasteiger partial charge in [0.1, 0.15) is 0 Å². The number of amides is 1. The quantitative estimate of drug-likeness (QED) is 0.661. The second kappa shape index (κ2) is 7.63. The minimum absolute atomic E-state index is 0.274. The standard InChI is InChI=1S/C20H18F3N3OS/c1-11-6-5-7-13(10-11)17-16(12(2)24-19(28)26-17)18(27)25-15-9-4-3-8-14(15)20(21,22)23/h3-10,17H,1-2H3,(H,25,27)(H2,24,26,28)/t17-/m1/s1. The third kappa shape index (κ3) is 4.17. The molecule has 0 aromatic heterocycles. The third-order valence-electron chi connectivity index (χ3n) is 4.37. The largest absolute Gasteiger partial charge is 0.418 e. The zero-order valence-corrected chi connectivity index (χ0v) is 16.0. The number of para-hydroxylation sites is 1. The number of allylic oxidation sites excluding steroid dienone is 1. The number of carbonyl (C=O) groups excluding carboxylic acids is 1. The number of alkyl halides is 3. The maximum atomic E-state index is 13.2. The van der Waals surface area contributed by atoms with Gasteiger partial charge in [0.15, 0.2) is 5.11 Å². The maximum Gasteiger partial charge on any atom is 0.418 e. The molecule has 146 valence electrons. The summed E-state index contributed by atoms with van der Waals surface area (Å²) in [5, 5.41) is 8.65. The Morgan fingerprint density at radius 2 is 1.82 bits per heavy atom. The van der Waals surface area contributed by atoms with Crippen molar-refractivity contribution in [1.29, 1.82) is 0 Å². The van der Waals surface area contributed by atoms with Crippen LogP contribution in [0.1, 0.15) is 29.7 Å². The predicted molar refractivity (Wildman–Crippen MR) is 106 cm³/mol. The fraction of sp³-hybridized carbons (Fsp3) is 0.200. The van der Waals surface area contributed by atoms with Crippen LogP contribution in [0.2, 0.25) is 0 Å². The Morgan fingerprint density at radius 1 is 1.11 bits per heavy atom. The maximum absolute atomic E-state index is 13.2. The number of aryl methyl sites for hydroxylation is 1. The summed E-state index contributed by atoms with van der Waals surface area (Å²) in [6.07, 6.45) is -4.58. The Morgan fingerprint density at radius 3 is 2.50 bits per heavy atom. The highest BCUT2D eigenvalue weighted by atomic mass is 32.1. The molecule has 1 aliphatic rings. The number of carbonyl (C=O) groups is 1. The van der Waals surface area contributed by atoms with Crippen molar-refractivity contribution in [2.75, 3.05) is 5.32 Å². The molecule has 0 unspecified atom stereocenters. The van der Waals surface area contributed by atoms with E-state index < -0.39 is 23.7 Å². The molecule has 0 saturated heterocycles. The molecular formula is C20H18F3N3OS. The monoisotopic (exact) mass is 405 g/mol. The molecule has 28 heavy (non-hydrogen) atoms. The van der Waals surface area contributed by atoms with Crippen LogP contribution in [-0.4, -0.2) is 11.0 Å². The first-order chi connectivity index (χ1) is 13.2. The van der Waals surface area contributed by atoms with E-state index in [4.69, 9.17) is 12.2 Å². The Labute approximate surface area is 165 Å². The van der Waals surface area contributed by atoms with Crippen LogP contribution in [0.25, 0.3) is 0 Å². The van der Waals surface area contributed by atoms with Crippen molar-refractivity contribution in [2.45, 2.75) is 26.1 Å². The number of anilines is 1. The molecule has 0 spiro atoms. The molecule has 0 saturated carbocycles. The molecule has 0 radical (unpaired) electrons. The van der Waals surface area contributed by atoms with Gasteiger partial charge < -0.3 is 16.0 Å². The number of benzene rings is 2. The van der Waals surface area contributed by atoms with Crippen molar-refractivity contribution >= 4 is 28.9 Å². The van der Waals surface area contributed by atoms with Crippen molar-refractivity contribution < 1.29 is 18.0 Å². The van der Waals surface area contributed by atoms with E-state index >= 15 is 0 Å². The van der Waals surface area contributed by atoms with Crippen LogP contribution in [0.4, 0.5) is 18.9 Å². The van der Waals surface area contributed by atoms with E-state index in [0.717, 1.165) is 17.2 Å². The van der Waals surface area contributed by atoms with E-state index in [1.165, 1.54) is 18.2 Å². The number of hydrogen-bond acceptors (Lipinski definition) is 2. The van der Waals surface area contributed by atoms with Gasteiger partial charge >= 0.3 is 6.18 Å². The summed E-state index contributed by atoms with van der Waals surface area (Å²) >= 11 is 5.19. The molecular weight excluding hydrogens is 387 g/mol. The van der Waals surface area contributed by atoms with Gasteiger partial charge in [-0.2, -0.15) is 13.2 Å². The van der Waals surface area contributed by atoms with E-state index in [1.54, 1.807) is 6.92 Å². The smallest absolute Gasteiger partial charge is 0.351 e. The number of halogens is 3. The Kier molecular flexibility index (Phi) is 5.42. The Hall–Kier alpha value is -2.87. The van der Waals surface area contributed by atoms with Gasteiger partial charge in [-0.25, -0.2) is 0 Å². The van der Waals surface area contributed by atoms with Gasteiger partial charge in [-0.05, 0) is 43.8 Å². The average molecular weight is 405 g/mol. The lowest BCUT2D eigenvalue weighted by molar-refractivity contribution is -0.137. The fourth-order valence-corrected chi connectivity index (χ4v) is 3.39. The summed E-state index contributed by atoms with van der Waals surface area (Å²) in [6, 6.07) is 11.8. The van der Waals surface area contributed by atoms with Gasteiger partial charge in [0.25, 0.3) is 5.91 Å². The van der Waals surface area contributed by atoms with Crippen LogP contribution < -0.4 is 16.0 Å². The first kappa shape index (κ1) is 19.9. The molecule has 4 nitrogen and oxygen atoms in total. The second-order valence-corrected chi connectivity index (χ2v) is 6.89. The van der Waals surface area contributed by atoms with Crippen molar-refractivity contribution in [3.8, 4) is 0 Å². The zero-order chi connectivity index (χ0) is 20.5. The topological polar surface area (TPSA) is 53.2 Å². The Bertz CT molecular complexity index is 969. The molecule has 0 bridgehead atoms. The minimum Gasteiger partial charge on any atom is -0.351 e. The van der Waals surface area contributed by atoms with Gasteiger partial charge in [-0.15, -0.1) is 0 Å². The molecule has 0 aliphatic carbocycles. The SMILES string of the molecule is CC1=C(C(=O)Nc2ccccc2C(F)(F)F)[C@@H](c2cccc(C)c2)NC(=S)N1. The lowest BCUT2D eigenvalue weighted by atomic mass is 9.94. The van der Waals surface area contributed by atoms with Crippen molar-refractivity contribution in [2.24, 2.45) is 0 Å². The number of thiocarbonyl (C=S) groups is 1. The normalized spacial score (nSPS) is 17.0. The molecule has 8 heteroatoms. The van der Waals surface area contributed by atoms with Crippen LogP contribution in [0.5, 0.6) is 0 Å². The van der Waals surface area contributed by atoms with Crippen molar-refractivity contribution in [3.05, 3.63) is 76.5 Å². The third-order valence-corrected chi connectivity index (χ3v) is 4.59. The van der Waals surface area contributed by atoms with Crippen LogP contribution in [0.15, 0.2) is 59.8 Å². The highest BCUT2D eigenvalue weighted by molar-refractivity contribution is 7.80. The van der Waals surface area contributed by atoms with Gasteiger partial charge in [-0.1, -0.05) is 42.0 Å². The first-order valence-electron chi connectivity index (χ1n) is 8.49. The summed E-state index contributed by atoms with van der Waals surface area (Å²) in [4.78, 5) is 13.0. The van der Waals surface area contributed by atoms with E-state index in [1.807, 2.05) is 31.2 Å². The second-order valence-electron chi connectivity index (χ2n) is 6.48. The predicted octanol–water partition coefficient (Wildman–Crippen LogP) is 4.45. The van der Waals surface area contributed by atoms with Gasteiger partial charge in [0.05, 0.1) is 22.9 Å². The number of rotatable bonds is 3. The van der Waals surface area contributed by atoms with E-state index in [-0.39, 0.29) is 11.3 Å². The number of hydrogen-bond donors (Lipinski definition) is 3. The highest BCUT2D eigenvalue weighted by Crippen LogP contribution is 2.35. The highest BCUT2D eigenvalue weighted by Gasteiger charge is 2.35. The summed E-state index contributed by atoms with van der Waals surface area (Å²) in [6.45, 7) is 3.58. The van der Waals surface area contributed by atoms with Crippen molar-refractivity contribution in [3.63, 3.8) is 0 Å². The van der Waals surface area contributed by atoms with Crippen molar-refractivity contribution in [1.82, 2.24) is 10.6 Å². The summed E-state index contributed by atoms with van der Waals surface area (Å²) in [5.74, 6) is -0.636. The van der Waals surface area contributed by atoms with E-state index in [9.17, 15) is 18.0 Å². The first-order valence-corrected chi connectivity index (χ1v) is 8.90. The minimum atomic E-state index is -4.58. The molecule has 1 atom stereocenters. The number of nitrogens with one attached hydrogen (secondary N) is 3. The summed E-state index contributed by atoms with van der Waals surface area (Å²) in [5.41, 5.74) is 1.34. The summed E-state index contributed by atoms with van der Waals surface area (Å²) < 4.78 is 39.7. The molecule has 3 rings (SSSR count). The lowest BCUT2D eigenvalue weighted by Gasteiger charge is -2.30. The lowest BCUT2D eigenvalue weighted by Crippen LogP contribution is -2.45. The van der Waals surface area contributed by atoms with Gasteiger partial charge in [0.2, 0.25) is 0 Å². The molecule has 1 amide bonds. The molecule has 1 aliphatic heterocycles.